The molecule has 1 saturated heterocycles. The van der Waals surface area contributed by atoms with Crippen LogP contribution in [0.5, 0.6) is 0 Å². The quantitative estimate of drug-likeness (QED) is 0.754. The van der Waals surface area contributed by atoms with Gasteiger partial charge >= 0.3 is 0 Å². The van der Waals surface area contributed by atoms with Crippen molar-refractivity contribution in [2.45, 2.75) is 51.5 Å². The lowest BCUT2D eigenvalue weighted by atomic mass is 9.95. The third kappa shape index (κ3) is 3.46. The second-order valence-corrected chi connectivity index (χ2v) is 5.51. The minimum atomic E-state index is 0.493. The van der Waals surface area contributed by atoms with Crippen LogP contribution in [0.4, 0.5) is 0 Å². The first kappa shape index (κ1) is 11.4. The Balaban J connectivity index is 1.64. The molecule has 0 aromatic heterocycles. The van der Waals surface area contributed by atoms with Gasteiger partial charge in [0.15, 0.2) is 0 Å². The van der Waals surface area contributed by atoms with Crippen molar-refractivity contribution in [1.29, 1.82) is 0 Å². The van der Waals surface area contributed by atoms with Crippen LogP contribution in [0.3, 0.4) is 0 Å². The number of likely N-dealkylation sites (tertiary alicyclic amines) is 1. The smallest absolute Gasteiger partial charge is 0.00793 e. The molecule has 1 aliphatic heterocycles. The lowest BCUT2D eigenvalue weighted by Crippen LogP contribution is -2.38. The van der Waals surface area contributed by atoms with Crippen molar-refractivity contribution in [3.8, 4) is 0 Å². The summed E-state index contributed by atoms with van der Waals surface area (Å²) >= 11 is 0. The number of piperidine rings is 1. The highest BCUT2D eigenvalue weighted by Gasteiger charge is 2.28. The van der Waals surface area contributed by atoms with Crippen molar-refractivity contribution < 1.29 is 0 Å². The van der Waals surface area contributed by atoms with Crippen LogP contribution in [0, 0.1) is 11.8 Å². The van der Waals surface area contributed by atoms with E-state index in [9.17, 15) is 0 Å². The molecule has 0 radical (unpaired) electrons. The molecule has 88 valence electrons. The summed E-state index contributed by atoms with van der Waals surface area (Å²) in [5.74, 6) is 1.83. The Kier molecular flexibility index (Phi) is 4.04. The molecule has 0 bridgehead atoms. The van der Waals surface area contributed by atoms with Crippen LogP contribution in [0.1, 0.15) is 45.4 Å². The van der Waals surface area contributed by atoms with Gasteiger partial charge < -0.3 is 10.6 Å². The maximum Gasteiger partial charge on any atom is 0.00793 e. The lowest BCUT2D eigenvalue weighted by molar-refractivity contribution is 0.166. The largest absolute Gasteiger partial charge is 0.327 e. The number of nitrogens with zero attached hydrogens (tertiary/aromatic N) is 1. The molecule has 2 unspecified atom stereocenters. The highest BCUT2D eigenvalue weighted by molar-refractivity contribution is 4.85. The monoisotopic (exact) mass is 210 g/mol. The van der Waals surface area contributed by atoms with Crippen molar-refractivity contribution in [3.63, 3.8) is 0 Å². The van der Waals surface area contributed by atoms with E-state index in [2.05, 4.69) is 11.8 Å². The second kappa shape index (κ2) is 5.31. The third-order valence-corrected chi connectivity index (χ3v) is 4.19. The average molecular weight is 210 g/mol. The van der Waals surface area contributed by atoms with Gasteiger partial charge in [-0.25, -0.2) is 0 Å². The maximum atomic E-state index is 6.14. The first-order chi connectivity index (χ1) is 7.29. The van der Waals surface area contributed by atoms with Gasteiger partial charge in [0.05, 0.1) is 0 Å². The summed E-state index contributed by atoms with van der Waals surface area (Å²) < 4.78 is 0. The van der Waals surface area contributed by atoms with Gasteiger partial charge in [0.2, 0.25) is 0 Å². The fourth-order valence-electron chi connectivity index (χ4n) is 2.78. The Hall–Kier alpha value is -0.0800. The summed E-state index contributed by atoms with van der Waals surface area (Å²) in [5.41, 5.74) is 6.14. The summed E-state index contributed by atoms with van der Waals surface area (Å²) in [7, 11) is 0. The second-order valence-electron chi connectivity index (χ2n) is 5.51. The third-order valence-electron chi connectivity index (χ3n) is 4.19. The fraction of sp³-hybridized carbons (Fsp3) is 1.00. The summed E-state index contributed by atoms with van der Waals surface area (Å²) in [5, 5.41) is 0. The molecule has 0 aromatic carbocycles. The molecule has 0 aromatic rings. The van der Waals surface area contributed by atoms with Gasteiger partial charge in [-0.05, 0) is 57.0 Å². The van der Waals surface area contributed by atoms with E-state index in [1.807, 2.05) is 0 Å². The summed E-state index contributed by atoms with van der Waals surface area (Å²) in [6.07, 6.45) is 8.20. The van der Waals surface area contributed by atoms with E-state index in [0.717, 1.165) is 11.8 Å². The molecule has 2 N–H and O–H groups in total. The highest BCUT2D eigenvalue weighted by atomic mass is 15.1. The van der Waals surface area contributed by atoms with Crippen LogP contribution in [0.2, 0.25) is 0 Å². The predicted octanol–water partition coefficient (Wildman–Crippen LogP) is 2.24. The number of nitrogens with two attached hydrogens (primary N) is 1. The molecule has 1 saturated carbocycles. The van der Waals surface area contributed by atoms with Gasteiger partial charge in [-0.3, -0.25) is 0 Å². The van der Waals surface area contributed by atoms with E-state index < -0.39 is 0 Å². The van der Waals surface area contributed by atoms with Crippen LogP contribution in [-0.2, 0) is 0 Å². The molecule has 15 heavy (non-hydrogen) atoms. The lowest BCUT2D eigenvalue weighted by Gasteiger charge is -2.32. The van der Waals surface area contributed by atoms with Crippen LogP contribution in [0.15, 0.2) is 0 Å². The minimum Gasteiger partial charge on any atom is -0.327 e. The van der Waals surface area contributed by atoms with Gasteiger partial charge in [0, 0.05) is 12.6 Å². The molecule has 2 heteroatoms. The van der Waals surface area contributed by atoms with Gasteiger partial charge in [0.25, 0.3) is 0 Å². The molecule has 2 rings (SSSR count). The Morgan fingerprint density at radius 2 is 2.13 bits per heavy atom. The number of hydrogen-bond donors (Lipinski definition) is 1. The molecule has 2 aliphatic rings. The maximum absolute atomic E-state index is 6.14. The molecular formula is C13H26N2. The Bertz CT molecular complexity index is 189. The van der Waals surface area contributed by atoms with E-state index in [-0.39, 0.29) is 0 Å². The number of hydrogen-bond acceptors (Lipinski definition) is 2. The van der Waals surface area contributed by atoms with Crippen molar-refractivity contribution in [3.05, 3.63) is 0 Å². The van der Waals surface area contributed by atoms with Crippen LogP contribution in [-0.4, -0.2) is 30.6 Å². The van der Waals surface area contributed by atoms with E-state index in [1.54, 1.807) is 0 Å². The minimum absolute atomic E-state index is 0.493. The molecule has 1 aliphatic carbocycles. The molecule has 0 spiro atoms. The normalized spacial score (nSPS) is 30.4. The Labute approximate surface area is 94.2 Å². The van der Waals surface area contributed by atoms with Crippen molar-refractivity contribution in [2.24, 2.45) is 17.6 Å². The fourth-order valence-corrected chi connectivity index (χ4v) is 2.78. The van der Waals surface area contributed by atoms with E-state index in [1.165, 1.54) is 58.2 Å². The SMILES string of the molecule is CCC1CCCN(CCC(N)C2CC2)C1. The Morgan fingerprint density at radius 3 is 2.80 bits per heavy atom. The van der Waals surface area contributed by atoms with Crippen LogP contribution < -0.4 is 5.73 Å². The zero-order valence-electron chi connectivity index (χ0n) is 10.1. The van der Waals surface area contributed by atoms with E-state index >= 15 is 0 Å². The molecule has 0 amide bonds. The van der Waals surface area contributed by atoms with Crippen molar-refractivity contribution in [1.82, 2.24) is 4.90 Å². The predicted molar refractivity (Wildman–Crippen MR) is 64.8 cm³/mol. The zero-order valence-corrected chi connectivity index (χ0v) is 10.1. The Morgan fingerprint density at radius 1 is 1.33 bits per heavy atom. The van der Waals surface area contributed by atoms with Gasteiger partial charge in [0.1, 0.15) is 0 Å². The summed E-state index contributed by atoms with van der Waals surface area (Å²) in [6, 6.07) is 0.493. The van der Waals surface area contributed by atoms with E-state index in [0.29, 0.717) is 6.04 Å². The van der Waals surface area contributed by atoms with Gasteiger partial charge in [-0.2, -0.15) is 0 Å². The summed E-state index contributed by atoms with van der Waals surface area (Å²) in [4.78, 5) is 2.64. The molecule has 2 atom stereocenters. The molecule has 2 nitrogen and oxygen atoms in total. The van der Waals surface area contributed by atoms with Gasteiger partial charge in [-0.15, -0.1) is 0 Å². The molecular weight excluding hydrogens is 184 g/mol. The van der Waals surface area contributed by atoms with E-state index in [4.69, 9.17) is 5.73 Å². The topological polar surface area (TPSA) is 29.3 Å². The number of rotatable bonds is 5. The first-order valence-corrected chi connectivity index (χ1v) is 6.77. The van der Waals surface area contributed by atoms with Crippen LogP contribution in [0.25, 0.3) is 0 Å². The van der Waals surface area contributed by atoms with Gasteiger partial charge in [-0.1, -0.05) is 13.3 Å². The summed E-state index contributed by atoms with van der Waals surface area (Å²) in [6.45, 7) is 6.21. The standard InChI is InChI=1S/C13H26N2/c1-2-11-4-3-8-15(10-11)9-7-13(14)12-5-6-12/h11-13H,2-10,14H2,1H3. The first-order valence-electron chi connectivity index (χ1n) is 6.77. The molecule has 1 heterocycles. The van der Waals surface area contributed by atoms with Crippen LogP contribution >= 0.6 is 0 Å². The molecule has 2 fully saturated rings. The zero-order chi connectivity index (χ0) is 10.7. The average Bonchev–Trinajstić information content (AvgIpc) is 3.10. The van der Waals surface area contributed by atoms with Crippen molar-refractivity contribution in [2.75, 3.05) is 19.6 Å². The van der Waals surface area contributed by atoms with Crippen molar-refractivity contribution >= 4 is 0 Å². The highest BCUT2D eigenvalue weighted by Crippen LogP contribution is 2.33.